The average molecular weight is 483 g/mol. The van der Waals surface area contributed by atoms with Gasteiger partial charge in [0.15, 0.2) is 0 Å². The van der Waals surface area contributed by atoms with E-state index in [1.807, 2.05) is 55.5 Å². The number of nitrogens with two attached hydrogens (primary N) is 1. The highest BCUT2D eigenvalue weighted by atomic mass is 19.1. The number of amides is 2. The smallest absolute Gasteiger partial charge is 0.224 e. The van der Waals surface area contributed by atoms with Crippen LogP contribution in [0.3, 0.4) is 0 Å². The Balaban J connectivity index is 1.34. The Kier molecular flexibility index (Phi) is 5.00. The molecular formula is C29H27FN4O2. The molecule has 2 fully saturated rings. The molecule has 2 heterocycles. The van der Waals surface area contributed by atoms with Crippen LogP contribution in [0.4, 0.5) is 4.39 Å². The van der Waals surface area contributed by atoms with Crippen LogP contribution in [0.1, 0.15) is 30.9 Å². The first-order valence-corrected chi connectivity index (χ1v) is 12.2. The van der Waals surface area contributed by atoms with E-state index in [1.54, 1.807) is 23.0 Å². The zero-order valence-corrected chi connectivity index (χ0v) is 19.9. The summed E-state index contributed by atoms with van der Waals surface area (Å²) >= 11 is 0. The molecule has 1 aliphatic carbocycles. The number of hydrogen-bond acceptors (Lipinski definition) is 3. The first-order valence-electron chi connectivity index (χ1n) is 12.2. The molecule has 7 heteroatoms. The van der Waals surface area contributed by atoms with E-state index in [-0.39, 0.29) is 29.5 Å². The summed E-state index contributed by atoms with van der Waals surface area (Å²) in [5, 5.41) is 8.63. The molecule has 2 amide bonds. The highest BCUT2D eigenvalue weighted by molar-refractivity contribution is 5.87. The van der Waals surface area contributed by atoms with E-state index >= 15 is 0 Å². The van der Waals surface area contributed by atoms with Crippen molar-refractivity contribution in [1.29, 1.82) is 0 Å². The quantitative estimate of drug-likeness (QED) is 0.431. The lowest BCUT2D eigenvalue weighted by Gasteiger charge is -2.33. The number of carbonyl (C=O) groups is 2. The van der Waals surface area contributed by atoms with Crippen LogP contribution in [0.2, 0.25) is 0 Å². The van der Waals surface area contributed by atoms with E-state index in [0.29, 0.717) is 19.3 Å². The van der Waals surface area contributed by atoms with Crippen LogP contribution in [-0.4, -0.2) is 21.6 Å². The summed E-state index contributed by atoms with van der Waals surface area (Å²) in [7, 11) is 0. The maximum Gasteiger partial charge on any atom is 0.224 e. The Labute approximate surface area is 208 Å². The van der Waals surface area contributed by atoms with Gasteiger partial charge in [-0.2, -0.15) is 5.10 Å². The number of nitrogens with zero attached hydrogens (tertiary/aromatic N) is 2. The second-order valence-electron chi connectivity index (χ2n) is 10.4. The third-order valence-electron chi connectivity index (χ3n) is 8.26. The maximum absolute atomic E-state index is 13.4. The number of halogens is 1. The lowest BCUT2D eigenvalue weighted by molar-refractivity contribution is -0.124. The zero-order valence-electron chi connectivity index (χ0n) is 19.9. The normalized spacial score (nSPS) is 27.2. The third kappa shape index (κ3) is 3.49. The number of rotatable bonds is 6. The van der Waals surface area contributed by atoms with Gasteiger partial charge in [-0.25, -0.2) is 9.07 Å². The molecule has 4 aromatic rings. The predicted octanol–water partition coefficient (Wildman–Crippen LogP) is 4.25. The van der Waals surface area contributed by atoms with Crippen molar-refractivity contribution >= 4 is 22.7 Å². The summed E-state index contributed by atoms with van der Waals surface area (Å²) in [4.78, 5) is 25.4. The van der Waals surface area contributed by atoms with Crippen molar-refractivity contribution in [2.24, 2.45) is 23.0 Å². The van der Waals surface area contributed by atoms with Crippen LogP contribution in [-0.2, 0) is 21.5 Å². The average Bonchev–Trinajstić information content (AvgIpc) is 3.28. The van der Waals surface area contributed by atoms with Gasteiger partial charge in [-0.3, -0.25) is 9.59 Å². The van der Waals surface area contributed by atoms with Crippen LogP contribution in [0.25, 0.3) is 16.6 Å². The van der Waals surface area contributed by atoms with Gasteiger partial charge in [-0.05, 0) is 79.1 Å². The van der Waals surface area contributed by atoms with E-state index in [1.165, 1.54) is 12.1 Å². The Hall–Kier alpha value is -4.00. The molecule has 2 aliphatic rings. The molecule has 1 aliphatic heterocycles. The first kappa shape index (κ1) is 22.5. The van der Waals surface area contributed by atoms with Gasteiger partial charge in [0.25, 0.3) is 0 Å². The minimum atomic E-state index is -0.642. The molecule has 0 bridgehead atoms. The molecule has 1 saturated heterocycles. The molecule has 3 N–H and O–H groups in total. The number of hydrogen-bond donors (Lipinski definition) is 2. The SMILES string of the molecule is CC1(c2ccc3c(cnn3-c3ccc(F)cc3)c2)NC(=O)C[C@H]1[C@H]1CC1(Cc1ccccc1)C(N)=O. The van der Waals surface area contributed by atoms with Gasteiger partial charge in [-0.1, -0.05) is 36.4 Å². The number of primary amides is 1. The minimum absolute atomic E-state index is 0.0109. The van der Waals surface area contributed by atoms with E-state index in [2.05, 4.69) is 10.4 Å². The highest BCUT2D eigenvalue weighted by Gasteiger charge is 2.66. The van der Waals surface area contributed by atoms with Crippen molar-refractivity contribution in [1.82, 2.24) is 15.1 Å². The fourth-order valence-corrected chi connectivity index (χ4v) is 6.21. The van der Waals surface area contributed by atoms with Gasteiger partial charge in [-0.15, -0.1) is 0 Å². The summed E-state index contributed by atoms with van der Waals surface area (Å²) in [6.07, 6.45) is 3.39. The Bertz CT molecular complexity index is 1480. The van der Waals surface area contributed by atoms with Gasteiger partial charge in [0.05, 0.1) is 28.4 Å². The minimum Gasteiger partial charge on any atom is -0.369 e. The first-order chi connectivity index (χ1) is 17.3. The van der Waals surface area contributed by atoms with Crippen LogP contribution in [0.15, 0.2) is 79.0 Å². The number of carbonyl (C=O) groups excluding carboxylic acids is 2. The van der Waals surface area contributed by atoms with Crippen LogP contribution in [0.5, 0.6) is 0 Å². The van der Waals surface area contributed by atoms with E-state index < -0.39 is 11.0 Å². The fraction of sp³-hybridized carbons (Fsp3) is 0.276. The maximum atomic E-state index is 13.4. The summed E-state index contributed by atoms with van der Waals surface area (Å²) in [5.74, 6) is -0.668. The van der Waals surface area contributed by atoms with Crippen molar-refractivity contribution < 1.29 is 14.0 Å². The molecule has 6 rings (SSSR count). The second-order valence-corrected chi connectivity index (χ2v) is 10.4. The second kappa shape index (κ2) is 8.01. The van der Waals surface area contributed by atoms with Crippen molar-refractivity contribution in [3.05, 3.63) is 95.9 Å². The van der Waals surface area contributed by atoms with E-state index in [9.17, 15) is 14.0 Å². The molecule has 1 aromatic heterocycles. The lowest BCUT2D eigenvalue weighted by atomic mass is 9.75. The molecule has 182 valence electrons. The van der Waals surface area contributed by atoms with E-state index in [4.69, 9.17) is 5.73 Å². The van der Waals surface area contributed by atoms with Crippen LogP contribution in [0, 0.1) is 23.1 Å². The van der Waals surface area contributed by atoms with Crippen molar-refractivity contribution in [3.8, 4) is 5.69 Å². The lowest BCUT2D eigenvalue weighted by Crippen LogP contribution is -2.42. The van der Waals surface area contributed by atoms with Crippen molar-refractivity contribution in [2.75, 3.05) is 0 Å². The Morgan fingerprint density at radius 3 is 2.58 bits per heavy atom. The molecule has 36 heavy (non-hydrogen) atoms. The monoisotopic (exact) mass is 482 g/mol. The van der Waals surface area contributed by atoms with Crippen molar-refractivity contribution in [3.63, 3.8) is 0 Å². The van der Waals surface area contributed by atoms with Gasteiger partial charge in [0.1, 0.15) is 5.82 Å². The zero-order chi connectivity index (χ0) is 25.1. The largest absolute Gasteiger partial charge is 0.369 e. The number of aromatic nitrogens is 2. The van der Waals surface area contributed by atoms with Gasteiger partial charge in [0, 0.05) is 11.8 Å². The van der Waals surface area contributed by atoms with Crippen molar-refractivity contribution in [2.45, 2.75) is 31.7 Å². The molecule has 0 spiro atoms. The highest BCUT2D eigenvalue weighted by Crippen LogP contribution is 2.63. The third-order valence-corrected chi connectivity index (χ3v) is 8.26. The molecule has 1 saturated carbocycles. The van der Waals surface area contributed by atoms with Gasteiger partial charge >= 0.3 is 0 Å². The molecular weight excluding hydrogens is 455 g/mol. The summed E-state index contributed by atoms with van der Waals surface area (Å²) in [6.45, 7) is 2.04. The van der Waals surface area contributed by atoms with Crippen LogP contribution >= 0.6 is 0 Å². The molecule has 2 unspecified atom stereocenters. The van der Waals surface area contributed by atoms with Gasteiger partial charge < -0.3 is 11.1 Å². The predicted molar refractivity (Wildman–Crippen MR) is 135 cm³/mol. The van der Waals surface area contributed by atoms with E-state index in [0.717, 1.165) is 27.7 Å². The summed E-state index contributed by atoms with van der Waals surface area (Å²) < 4.78 is 15.2. The molecule has 4 atom stereocenters. The number of nitrogens with one attached hydrogen (secondary N) is 1. The Morgan fingerprint density at radius 2 is 1.86 bits per heavy atom. The fourth-order valence-electron chi connectivity index (χ4n) is 6.21. The summed E-state index contributed by atoms with van der Waals surface area (Å²) in [6, 6.07) is 22.2. The topological polar surface area (TPSA) is 90.0 Å². The number of fused-ring (bicyclic) bond motifs is 1. The molecule has 3 aromatic carbocycles. The number of benzene rings is 3. The van der Waals surface area contributed by atoms with Gasteiger partial charge in [0.2, 0.25) is 11.8 Å². The van der Waals surface area contributed by atoms with Crippen LogP contribution < -0.4 is 11.1 Å². The molecule has 0 radical (unpaired) electrons. The standard InChI is InChI=1S/C29H27FN4O2/c1-28(20-7-12-25-19(13-20)17-32-34(25)22-10-8-21(30)9-11-22)23(14-26(35)33-28)24-16-29(24,27(31)36)15-18-5-3-2-4-6-18/h2-13,17,23-24H,14-16H2,1H3,(H2,31,36)(H,33,35)/t23-,24+,28?,29?/m0/s1. The summed E-state index contributed by atoms with van der Waals surface area (Å²) in [5.41, 5.74) is 8.38. The Morgan fingerprint density at radius 1 is 1.11 bits per heavy atom. The molecule has 6 nitrogen and oxygen atoms in total.